The van der Waals surface area contributed by atoms with Crippen LogP contribution in [0.15, 0.2) is 23.4 Å². The summed E-state index contributed by atoms with van der Waals surface area (Å²) in [6, 6.07) is 3.15. The van der Waals surface area contributed by atoms with E-state index in [2.05, 4.69) is 15.0 Å². The maximum atomic E-state index is 9.74. The van der Waals surface area contributed by atoms with Gasteiger partial charge in [0.05, 0.1) is 18.4 Å². The van der Waals surface area contributed by atoms with Crippen molar-refractivity contribution in [2.24, 2.45) is 5.11 Å². The summed E-state index contributed by atoms with van der Waals surface area (Å²) < 4.78 is 0. The maximum absolute atomic E-state index is 9.74. The zero-order chi connectivity index (χ0) is 12.7. The molecular formula is C10H14N4O3. The summed E-state index contributed by atoms with van der Waals surface area (Å²) >= 11 is 0. The average molecular weight is 238 g/mol. The van der Waals surface area contributed by atoms with E-state index in [1.165, 1.54) is 12.3 Å². The van der Waals surface area contributed by atoms with Crippen LogP contribution in [0.5, 0.6) is 0 Å². The Labute approximate surface area is 98.0 Å². The molecule has 2 unspecified atom stereocenters. The van der Waals surface area contributed by atoms with Crippen LogP contribution in [0, 0.1) is 0 Å². The maximum Gasteiger partial charge on any atom is 0.122 e. The van der Waals surface area contributed by atoms with Gasteiger partial charge in [0.15, 0.2) is 0 Å². The van der Waals surface area contributed by atoms with Gasteiger partial charge in [-0.25, -0.2) is 0 Å². The molecule has 1 rings (SSSR count). The molecular weight excluding hydrogens is 224 g/mol. The molecule has 0 saturated carbocycles. The van der Waals surface area contributed by atoms with E-state index in [1.807, 2.05) is 0 Å². The average Bonchev–Trinajstić information content (AvgIpc) is 2.38. The van der Waals surface area contributed by atoms with Crippen molar-refractivity contribution in [1.29, 1.82) is 0 Å². The second kappa shape index (κ2) is 6.82. The lowest BCUT2D eigenvalue weighted by molar-refractivity contribution is 0.0125. The van der Waals surface area contributed by atoms with Gasteiger partial charge in [-0.1, -0.05) is 11.2 Å². The van der Waals surface area contributed by atoms with Crippen molar-refractivity contribution >= 4 is 0 Å². The molecule has 92 valence electrons. The van der Waals surface area contributed by atoms with E-state index in [9.17, 15) is 10.2 Å². The Morgan fingerprint density at radius 1 is 1.41 bits per heavy atom. The molecule has 0 aliphatic rings. The minimum Gasteiger partial charge on any atom is -0.392 e. The number of nitrogens with zero attached hydrogens (tertiary/aromatic N) is 4. The van der Waals surface area contributed by atoms with Gasteiger partial charge in [0.1, 0.15) is 6.10 Å². The van der Waals surface area contributed by atoms with Gasteiger partial charge in [-0.2, -0.15) is 0 Å². The Morgan fingerprint density at radius 2 is 2.18 bits per heavy atom. The van der Waals surface area contributed by atoms with Crippen LogP contribution >= 0.6 is 0 Å². The quantitative estimate of drug-likeness (QED) is 0.383. The Hall–Kier alpha value is -1.66. The Bertz CT molecular complexity index is 389. The normalized spacial score (nSPS) is 13.8. The highest BCUT2D eigenvalue weighted by molar-refractivity contribution is 5.15. The molecule has 0 bridgehead atoms. The third-order valence-corrected chi connectivity index (χ3v) is 2.29. The van der Waals surface area contributed by atoms with Crippen molar-refractivity contribution in [1.82, 2.24) is 4.98 Å². The van der Waals surface area contributed by atoms with Crippen molar-refractivity contribution in [3.8, 4) is 0 Å². The fourth-order valence-corrected chi connectivity index (χ4v) is 1.29. The van der Waals surface area contributed by atoms with Gasteiger partial charge >= 0.3 is 0 Å². The van der Waals surface area contributed by atoms with Crippen LogP contribution in [0.3, 0.4) is 0 Å². The number of hydrogen-bond acceptors (Lipinski definition) is 5. The van der Waals surface area contributed by atoms with Crippen LogP contribution < -0.4 is 0 Å². The van der Waals surface area contributed by atoms with Crippen molar-refractivity contribution < 1.29 is 15.3 Å². The largest absolute Gasteiger partial charge is 0.392 e. The molecule has 3 N–H and O–H groups in total. The van der Waals surface area contributed by atoms with E-state index in [0.717, 1.165) is 0 Å². The third kappa shape index (κ3) is 4.01. The number of pyridine rings is 1. The van der Waals surface area contributed by atoms with Crippen LogP contribution in [0.1, 0.15) is 23.8 Å². The molecule has 1 aromatic rings. The molecule has 1 aromatic heterocycles. The van der Waals surface area contributed by atoms with Gasteiger partial charge in [0.25, 0.3) is 0 Å². The van der Waals surface area contributed by atoms with E-state index in [0.29, 0.717) is 11.3 Å². The highest BCUT2D eigenvalue weighted by atomic mass is 16.3. The van der Waals surface area contributed by atoms with Crippen LogP contribution in [0.2, 0.25) is 0 Å². The van der Waals surface area contributed by atoms with Gasteiger partial charge in [0, 0.05) is 17.7 Å². The predicted molar refractivity (Wildman–Crippen MR) is 59.8 cm³/mol. The van der Waals surface area contributed by atoms with Gasteiger partial charge in [-0.3, -0.25) is 4.98 Å². The summed E-state index contributed by atoms with van der Waals surface area (Å²) in [4.78, 5) is 6.48. The standard InChI is InChI=1S/C10H14N4O3/c11-14-13-4-3-9(16)10(17)8-2-1-7(6-15)5-12-8/h1-2,5,9-10,15-17H,3-4,6H2. The van der Waals surface area contributed by atoms with E-state index >= 15 is 0 Å². The SMILES string of the molecule is [N-]=[N+]=NCCC(O)C(O)c1ccc(CO)cn1. The smallest absolute Gasteiger partial charge is 0.122 e. The zero-order valence-electron chi connectivity index (χ0n) is 9.14. The Kier molecular flexibility index (Phi) is 5.38. The fourth-order valence-electron chi connectivity index (χ4n) is 1.29. The van der Waals surface area contributed by atoms with E-state index in [1.54, 1.807) is 6.07 Å². The summed E-state index contributed by atoms with van der Waals surface area (Å²) in [5.41, 5.74) is 9.02. The van der Waals surface area contributed by atoms with Gasteiger partial charge in [-0.15, -0.1) is 0 Å². The minimum atomic E-state index is -1.13. The summed E-state index contributed by atoms with van der Waals surface area (Å²) in [5.74, 6) is 0. The van der Waals surface area contributed by atoms with Gasteiger partial charge in [-0.05, 0) is 23.6 Å². The number of rotatable bonds is 6. The second-order valence-corrected chi connectivity index (χ2v) is 3.50. The monoisotopic (exact) mass is 238 g/mol. The third-order valence-electron chi connectivity index (χ3n) is 2.29. The second-order valence-electron chi connectivity index (χ2n) is 3.50. The highest BCUT2D eigenvalue weighted by Crippen LogP contribution is 2.17. The van der Waals surface area contributed by atoms with Gasteiger partial charge < -0.3 is 15.3 Å². The number of hydrogen-bond donors (Lipinski definition) is 3. The van der Waals surface area contributed by atoms with Crippen LogP contribution in [0.4, 0.5) is 0 Å². The molecule has 17 heavy (non-hydrogen) atoms. The molecule has 0 aliphatic heterocycles. The van der Waals surface area contributed by atoms with Crippen molar-refractivity contribution in [3.63, 3.8) is 0 Å². The molecule has 1 heterocycles. The minimum absolute atomic E-state index is 0.115. The molecule has 0 amide bonds. The van der Waals surface area contributed by atoms with E-state index in [-0.39, 0.29) is 19.6 Å². The fraction of sp³-hybridized carbons (Fsp3) is 0.500. The highest BCUT2D eigenvalue weighted by Gasteiger charge is 2.18. The number of aliphatic hydroxyl groups excluding tert-OH is 3. The predicted octanol–water partition coefficient (Wildman–Crippen LogP) is 0.669. The lowest BCUT2D eigenvalue weighted by atomic mass is 10.1. The number of aromatic nitrogens is 1. The summed E-state index contributed by atoms with van der Waals surface area (Å²) in [7, 11) is 0. The summed E-state index contributed by atoms with van der Waals surface area (Å²) in [5, 5.41) is 31.4. The van der Waals surface area contributed by atoms with Crippen LogP contribution in [0.25, 0.3) is 10.4 Å². The summed E-state index contributed by atoms with van der Waals surface area (Å²) in [6.45, 7) is -0.00768. The van der Waals surface area contributed by atoms with E-state index < -0.39 is 12.2 Å². The molecule has 0 saturated heterocycles. The Balaban J connectivity index is 2.60. The van der Waals surface area contributed by atoms with Gasteiger partial charge in [0.2, 0.25) is 0 Å². The lowest BCUT2D eigenvalue weighted by Crippen LogP contribution is -2.20. The topological polar surface area (TPSA) is 122 Å². The lowest BCUT2D eigenvalue weighted by Gasteiger charge is -2.16. The number of aliphatic hydroxyl groups is 3. The number of azide groups is 1. The first-order valence-electron chi connectivity index (χ1n) is 5.11. The van der Waals surface area contributed by atoms with E-state index in [4.69, 9.17) is 10.6 Å². The first-order chi connectivity index (χ1) is 8.19. The molecule has 0 fully saturated rings. The summed E-state index contributed by atoms with van der Waals surface area (Å²) in [6.07, 6.45) is -0.572. The van der Waals surface area contributed by atoms with Crippen LogP contribution in [-0.2, 0) is 6.61 Å². The molecule has 0 spiro atoms. The molecule has 0 radical (unpaired) electrons. The molecule has 7 heteroatoms. The first-order valence-corrected chi connectivity index (χ1v) is 5.11. The van der Waals surface area contributed by atoms with Crippen molar-refractivity contribution in [3.05, 3.63) is 40.0 Å². The Morgan fingerprint density at radius 3 is 2.71 bits per heavy atom. The molecule has 2 atom stereocenters. The first kappa shape index (κ1) is 13.4. The van der Waals surface area contributed by atoms with Crippen molar-refractivity contribution in [2.45, 2.75) is 25.2 Å². The molecule has 7 nitrogen and oxygen atoms in total. The molecule has 0 aromatic carbocycles. The zero-order valence-corrected chi connectivity index (χ0v) is 9.14. The van der Waals surface area contributed by atoms with Crippen LogP contribution in [-0.4, -0.2) is 33.0 Å². The molecule has 0 aliphatic carbocycles. The van der Waals surface area contributed by atoms with Crippen molar-refractivity contribution in [2.75, 3.05) is 6.54 Å².